The molecule has 2 amide bonds. The van der Waals surface area contributed by atoms with Gasteiger partial charge < -0.3 is 19.4 Å². The first-order chi connectivity index (χ1) is 18.4. The maximum Gasteiger partial charge on any atom is 0.418 e. The van der Waals surface area contributed by atoms with Gasteiger partial charge in [-0.3, -0.25) is 13.7 Å². The summed E-state index contributed by atoms with van der Waals surface area (Å²) >= 11 is 0. The quantitative estimate of drug-likeness (QED) is 0.327. The fourth-order valence-electron chi connectivity index (χ4n) is 4.58. The van der Waals surface area contributed by atoms with Crippen molar-refractivity contribution in [2.24, 2.45) is 0 Å². The second kappa shape index (κ2) is 9.88. The lowest BCUT2D eigenvalue weighted by molar-refractivity contribution is 0.0570. The van der Waals surface area contributed by atoms with Crippen LogP contribution in [0.2, 0.25) is 0 Å². The Balaban J connectivity index is 1.35. The standard InChI is InChI=1S/C26H30FN7O4S/c1-16-14-34-15-17(13-20(27)23(34)29-16)30-24(35)19-5-6-21(18-7-8-28-31-22(18)19)33-9-11-39(37,12-10-33)32-25(36)38-26(2,3)4/h5-8,13-15,39H,9-12H2,1-4H3,(H,30,35)(H,32,36,37). The predicted octanol–water partition coefficient (Wildman–Crippen LogP) is 3.25. The molecule has 0 radical (unpaired) electrons. The molecule has 1 aliphatic heterocycles. The monoisotopic (exact) mass is 555 g/mol. The zero-order valence-electron chi connectivity index (χ0n) is 22.1. The second-order valence-electron chi connectivity index (χ2n) is 10.5. The Morgan fingerprint density at radius 1 is 1.13 bits per heavy atom. The number of nitrogens with one attached hydrogen (secondary N) is 2. The van der Waals surface area contributed by atoms with Gasteiger partial charge in [-0.15, -0.1) is 5.10 Å². The lowest BCUT2D eigenvalue weighted by Crippen LogP contribution is -2.52. The van der Waals surface area contributed by atoms with Gasteiger partial charge in [0.25, 0.3) is 5.91 Å². The first-order valence-corrected chi connectivity index (χ1v) is 14.5. The van der Waals surface area contributed by atoms with E-state index in [-0.39, 0.29) is 28.4 Å². The largest absolute Gasteiger partial charge is 0.443 e. The smallest absolute Gasteiger partial charge is 0.418 e. The Hall–Kier alpha value is -4.13. The van der Waals surface area contributed by atoms with Crippen LogP contribution in [0.15, 0.2) is 42.9 Å². The predicted molar refractivity (Wildman–Crippen MR) is 148 cm³/mol. The minimum Gasteiger partial charge on any atom is -0.443 e. The van der Waals surface area contributed by atoms with Gasteiger partial charge in [-0.2, -0.15) is 5.10 Å². The van der Waals surface area contributed by atoms with Crippen LogP contribution < -0.4 is 14.9 Å². The van der Waals surface area contributed by atoms with E-state index in [1.54, 1.807) is 58.3 Å². The number of anilines is 2. The van der Waals surface area contributed by atoms with Gasteiger partial charge in [0, 0.05) is 54.1 Å². The van der Waals surface area contributed by atoms with Gasteiger partial charge >= 0.3 is 6.09 Å². The molecule has 1 aliphatic rings. The zero-order valence-corrected chi connectivity index (χ0v) is 23.0. The summed E-state index contributed by atoms with van der Waals surface area (Å²) in [6.45, 7) is 7.87. The number of amides is 2. The molecule has 0 unspecified atom stereocenters. The van der Waals surface area contributed by atoms with Gasteiger partial charge in [-0.1, -0.05) is 0 Å². The summed E-state index contributed by atoms with van der Waals surface area (Å²) in [5.74, 6) is -0.469. The number of hydrogen-bond acceptors (Lipinski definition) is 8. The van der Waals surface area contributed by atoms with Crippen LogP contribution in [0.5, 0.6) is 0 Å². The summed E-state index contributed by atoms with van der Waals surface area (Å²) in [5.41, 5.74) is 1.89. The third kappa shape index (κ3) is 5.67. The SMILES string of the molecule is Cc1cn2cc(NC(=O)c3ccc(N4CC[SH](=O)(NC(=O)OC(C)(C)C)CC4)c4ccnnc34)cc(F)c2n1. The molecule has 1 fully saturated rings. The Labute approximate surface area is 225 Å². The molecule has 4 aromatic rings. The van der Waals surface area contributed by atoms with Crippen LogP contribution in [-0.2, 0) is 14.9 Å². The maximum absolute atomic E-state index is 14.5. The Morgan fingerprint density at radius 2 is 1.87 bits per heavy atom. The minimum absolute atomic E-state index is 0.179. The van der Waals surface area contributed by atoms with Crippen molar-refractivity contribution in [3.63, 3.8) is 0 Å². The molecule has 206 valence electrons. The molecule has 3 aromatic heterocycles. The second-order valence-corrected chi connectivity index (χ2v) is 13.4. The Bertz CT molecular complexity index is 1640. The number of thiol groups is 1. The van der Waals surface area contributed by atoms with Gasteiger partial charge in [0.1, 0.15) is 11.1 Å². The fourth-order valence-corrected chi connectivity index (χ4v) is 6.54. The van der Waals surface area contributed by atoms with Crippen molar-refractivity contribution in [3.05, 3.63) is 59.9 Å². The highest BCUT2D eigenvalue weighted by atomic mass is 32.3. The number of benzene rings is 1. The molecule has 11 nitrogen and oxygen atoms in total. The van der Waals surface area contributed by atoms with E-state index in [0.29, 0.717) is 29.7 Å². The van der Waals surface area contributed by atoms with E-state index in [9.17, 15) is 18.2 Å². The van der Waals surface area contributed by atoms with Gasteiger partial charge in [-0.25, -0.2) is 14.2 Å². The normalized spacial score (nSPS) is 16.2. The van der Waals surface area contributed by atoms with Crippen LogP contribution in [0, 0.1) is 12.7 Å². The number of halogens is 1. The van der Waals surface area contributed by atoms with Crippen LogP contribution in [0.25, 0.3) is 16.6 Å². The number of imidazole rings is 1. The third-order valence-electron chi connectivity index (χ3n) is 6.29. The first kappa shape index (κ1) is 26.5. The van der Waals surface area contributed by atoms with Crippen LogP contribution in [-0.4, -0.2) is 66.0 Å². The van der Waals surface area contributed by atoms with E-state index in [0.717, 1.165) is 5.69 Å². The topological polar surface area (TPSA) is 131 Å². The minimum atomic E-state index is -2.95. The number of rotatable bonds is 4. The van der Waals surface area contributed by atoms with Crippen molar-refractivity contribution in [2.45, 2.75) is 33.3 Å². The molecular formula is C26H30FN7O4S. The maximum atomic E-state index is 14.5. The third-order valence-corrected chi connectivity index (χ3v) is 8.72. The summed E-state index contributed by atoms with van der Waals surface area (Å²) in [4.78, 5) is 31.6. The number of ether oxygens (including phenoxy) is 1. The van der Waals surface area contributed by atoms with Crippen molar-refractivity contribution in [1.29, 1.82) is 0 Å². The molecule has 0 spiro atoms. The number of carbonyl (C=O) groups excluding carboxylic acids is 2. The summed E-state index contributed by atoms with van der Waals surface area (Å²) in [6.07, 6.45) is 4.12. The number of aromatic nitrogens is 4. The summed E-state index contributed by atoms with van der Waals surface area (Å²) < 4.78 is 37.1. The first-order valence-electron chi connectivity index (χ1n) is 12.5. The van der Waals surface area contributed by atoms with E-state index < -0.39 is 33.5 Å². The molecule has 1 saturated heterocycles. The van der Waals surface area contributed by atoms with Crippen molar-refractivity contribution >= 4 is 50.0 Å². The molecular weight excluding hydrogens is 525 g/mol. The molecule has 0 saturated carbocycles. The highest BCUT2D eigenvalue weighted by molar-refractivity contribution is 8.01. The lowest BCUT2D eigenvalue weighted by atomic mass is 10.1. The molecule has 4 heterocycles. The fraction of sp³-hybridized carbons (Fsp3) is 0.346. The van der Waals surface area contributed by atoms with Crippen molar-refractivity contribution < 1.29 is 22.9 Å². The van der Waals surface area contributed by atoms with Gasteiger partial charge in [-0.05, 0) is 56.0 Å². The van der Waals surface area contributed by atoms with Gasteiger partial charge in [0.05, 0.1) is 23.1 Å². The average molecular weight is 556 g/mol. The van der Waals surface area contributed by atoms with E-state index in [1.807, 2.05) is 4.90 Å². The molecule has 0 bridgehead atoms. The van der Waals surface area contributed by atoms with E-state index in [4.69, 9.17) is 4.74 Å². The highest BCUT2D eigenvalue weighted by Crippen LogP contribution is 2.30. The van der Waals surface area contributed by atoms with E-state index in [1.165, 1.54) is 16.7 Å². The Morgan fingerprint density at radius 3 is 2.59 bits per heavy atom. The molecule has 13 heteroatoms. The average Bonchev–Trinajstić information content (AvgIpc) is 3.23. The number of fused-ring (bicyclic) bond motifs is 2. The van der Waals surface area contributed by atoms with E-state index >= 15 is 0 Å². The summed E-state index contributed by atoms with van der Waals surface area (Å²) in [5, 5.41) is 11.6. The summed E-state index contributed by atoms with van der Waals surface area (Å²) in [6, 6.07) is 6.44. The molecule has 39 heavy (non-hydrogen) atoms. The number of pyridine rings is 1. The molecule has 5 rings (SSSR count). The molecule has 2 N–H and O–H groups in total. The summed E-state index contributed by atoms with van der Waals surface area (Å²) in [7, 11) is -2.95. The molecule has 0 aliphatic carbocycles. The van der Waals surface area contributed by atoms with Crippen molar-refractivity contribution in [3.8, 4) is 0 Å². The highest BCUT2D eigenvalue weighted by Gasteiger charge is 2.29. The molecule has 1 aromatic carbocycles. The van der Waals surface area contributed by atoms with Gasteiger partial charge in [0.15, 0.2) is 11.5 Å². The van der Waals surface area contributed by atoms with Gasteiger partial charge in [0.2, 0.25) is 0 Å². The zero-order chi connectivity index (χ0) is 27.9. The Kier molecular flexibility index (Phi) is 6.70. The van der Waals surface area contributed by atoms with Crippen LogP contribution in [0.4, 0.5) is 20.6 Å². The van der Waals surface area contributed by atoms with Crippen molar-refractivity contribution in [1.82, 2.24) is 24.3 Å². The number of nitrogens with zero attached hydrogens (tertiary/aromatic N) is 5. The number of hydrogen-bond donors (Lipinski definition) is 3. The van der Waals surface area contributed by atoms with Crippen LogP contribution in [0.3, 0.4) is 0 Å². The van der Waals surface area contributed by atoms with Crippen molar-refractivity contribution in [2.75, 3.05) is 34.8 Å². The lowest BCUT2D eigenvalue weighted by Gasteiger charge is -2.37. The number of aryl methyl sites for hydroxylation is 1. The van der Waals surface area contributed by atoms with Crippen LogP contribution in [0.1, 0.15) is 36.8 Å². The van der Waals surface area contributed by atoms with E-state index in [2.05, 4.69) is 25.2 Å². The van der Waals surface area contributed by atoms with Crippen LogP contribution >= 0.6 is 0 Å². The molecule has 0 atom stereocenters. The number of carbonyl (C=O) groups is 2.